The third-order valence-electron chi connectivity index (χ3n) is 8.20. The van der Waals surface area contributed by atoms with Crippen LogP contribution in [-0.4, -0.2) is 51.1 Å². The number of ketones is 2. The molecule has 0 heterocycles. The number of fused-ring (bicyclic) bond motifs is 5. The molecule has 0 bridgehead atoms. The molecule has 28 heavy (non-hydrogen) atoms. The maximum atomic E-state index is 12.7. The average Bonchev–Trinajstić information content (AvgIpc) is 2.96. The first-order valence-electron chi connectivity index (χ1n) is 9.90. The lowest BCUT2D eigenvalue weighted by atomic mass is 9.45. The van der Waals surface area contributed by atoms with Gasteiger partial charge in [-0.1, -0.05) is 18.6 Å². The Hall–Kier alpha value is -1.83. The Labute approximate surface area is 163 Å². The number of allylic oxidation sites excluding steroid dienone is 4. The van der Waals surface area contributed by atoms with Crippen LogP contribution in [0.25, 0.3) is 0 Å². The van der Waals surface area contributed by atoms with Gasteiger partial charge in [-0.2, -0.15) is 0 Å². The van der Waals surface area contributed by atoms with Crippen LogP contribution in [0.2, 0.25) is 0 Å². The van der Waals surface area contributed by atoms with Gasteiger partial charge in [0.15, 0.2) is 11.6 Å². The van der Waals surface area contributed by atoms with Crippen molar-refractivity contribution in [3.05, 3.63) is 23.8 Å². The number of primary amides is 1. The number of carbonyl (C=O) groups is 3. The Kier molecular flexibility index (Phi) is 4.23. The fourth-order valence-corrected chi connectivity index (χ4v) is 6.99. The van der Waals surface area contributed by atoms with Crippen molar-refractivity contribution in [3.8, 4) is 0 Å². The molecule has 4 rings (SSSR count). The van der Waals surface area contributed by atoms with Crippen molar-refractivity contribution in [3.63, 3.8) is 0 Å². The number of rotatable bonds is 3. The number of hydrogen-bond acceptors (Lipinski definition) is 6. The normalized spacial score (nSPS) is 47.0. The standard InChI is InChI=1S/C21H27NO6/c1-19-6-4-12(24)8-11(19)2-3-13-14-5-7-21(28,16(26)10-23)20(14,18(22)27)9-15(25)17(13)19/h4,6,8,13-15,17,23,25,28H,2-3,5,7,9-10H2,1H3,(H2,22,27)/t13-,14-,15?,17+,19-,20-,21-/m0/s1. The first-order valence-corrected chi connectivity index (χ1v) is 9.90. The number of aliphatic hydroxyl groups excluding tert-OH is 2. The molecule has 152 valence electrons. The predicted molar refractivity (Wildman–Crippen MR) is 98.6 cm³/mol. The zero-order valence-electron chi connectivity index (χ0n) is 15.9. The topological polar surface area (TPSA) is 138 Å². The van der Waals surface area contributed by atoms with Crippen molar-refractivity contribution in [1.82, 2.24) is 0 Å². The van der Waals surface area contributed by atoms with Gasteiger partial charge in [0, 0.05) is 11.3 Å². The molecule has 1 amide bonds. The van der Waals surface area contributed by atoms with Crippen molar-refractivity contribution in [2.24, 2.45) is 34.3 Å². The second-order valence-corrected chi connectivity index (χ2v) is 9.11. The van der Waals surface area contributed by atoms with E-state index >= 15 is 0 Å². The highest BCUT2D eigenvalue weighted by molar-refractivity contribution is 6.01. The third-order valence-corrected chi connectivity index (χ3v) is 8.20. The van der Waals surface area contributed by atoms with E-state index in [9.17, 15) is 29.7 Å². The number of hydrogen-bond donors (Lipinski definition) is 4. The minimum atomic E-state index is -2.06. The van der Waals surface area contributed by atoms with Crippen molar-refractivity contribution >= 4 is 17.5 Å². The highest BCUT2D eigenvalue weighted by Gasteiger charge is 2.72. The molecule has 5 N–H and O–H groups in total. The van der Waals surface area contributed by atoms with Gasteiger partial charge in [-0.15, -0.1) is 0 Å². The van der Waals surface area contributed by atoms with Gasteiger partial charge in [0.2, 0.25) is 5.91 Å². The quantitative estimate of drug-likeness (QED) is 0.537. The van der Waals surface area contributed by atoms with Gasteiger partial charge in [-0.3, -0.25) is 14.4 Å². The van der Waals surface area contributed by atoms with Crippen LogP contribution in [-0.2, 0) is 14.4 Å². The van der Waals surface area contributed by atoms with Crippen LogP contribution in [0.1, 0.15) is 39.0 Å². The van der Waals surface area contributed by atoms with E-state index in [0.717, 1.165) is 5.57 Å². The zero-order chi connectivity index (χ0) is 20.5. The van der Waals surface area contributed by atoms with E-state index in [1.807, 2.05) is 13.0 Å². The first kappa shape index (κ1) is 19.5. The second-order valence-electron chi connectivity index (χ2n) is 9.11. The molecule has 0 aromatic carbocycles. The summed E-state index contributed by atoms with van der Waals surface area (Å²) < 4.78 is 0. The number of amides is 1. The Morgan fingerprint density at radius 3 is 2.68 bits per heavy atom. The summed E-state index contributed by atoms with van der Waals surface area (Å²) in [6, 6.07) is 0. The van der Waals surface area contributed by atoms with Crippen molar-refractivity contribution < 1.29 is 29.7 Å². The van der Waals surface area contributed by atoms with Gasteiger partial charge in [0.1, 0.15) is 12.2 Å². The van der Waals surface area contributed by atoms with Crippen LogP contribution >= 0.6 is 0 Å². The lowest BCUT2D eigenvalue weighted by molar-refractivity contribution is -0.189. The van der Waals surface area contributed by atoms with E-state index in [1.54, 1.807) is 6.08 Å². The molecule has 3 fully saturated rings. The zero-order valence-corrected chi connectivity index (χ0v) is 15.9. The largest absolute Gasteiger partial charge is 0.393 e. The van der Waals surface area contributed by atoms with Crippen LogP contribution in [0.4, 0.5) is 0 Å². The molecule has 4 aliphatic carbocycles. The average molecular weight is 389 g/mol. The molecule has 0 aliphatic heterocycles. The summed E-state index contributed by atoms with van der Waals surface area (Å²) in [5.41, 5.74) is 2.59. The van der Waals surface area contributed by atoms with Crippen molar-refractivity contribution in [2.75, 3.05) is 6.61 Å². The Morgan fingerprint density at radius 1 is 1.32 bits per heavy atom. The Bertz CT molecular complexity index is 818. The number of carbonyl (C=O) groups excluding carboxylic acids is 3. The molecular formula is C21H27NO6. The van der Waals surface area contributed by atoms with E-state index in [1.165, 1.54) is 6.08 Å². The molecule has 0 aromatic heterocycles. The Balaban J connectivity index is 1.82. The monoisotopic (exact) mass is 389 g/mol. The maximum Gasteiger partial charge on any atom is 0.227 e. The van der Waals surface area contributed by atoms with E-state index in [-0.39, 0.29) is 36.4 Å². The van der Waals surface area contributed by atoms with E-state index in [4.69, 9.17) is 5.73 Å². The minimum absolute atomic E-state index is 0.0453. The summed E-state index contributed by atoms with van der Waals surface area (Å²) in [6.45, 7) is 1.12. The third kappa shape index (κ3) is 2.18. The van der Waals surface area contributed by atoms with Crippen LogP contribution in [0.3, 0.4) is 0 Å². The lowest BCUT2D eigenvalue weighted by Crippen LogP contribution is -2.67. The molecule has 0 aromatic rings. The first-order chi connectivity index (χ1) is 13.1. The van der Waals surface area contributed by atoms with Gasteiger partial charge >= 0.3 is 0 Å². The molecular weight excluding hydrogens is 362 g/mol. The fourth-order valence-electron chi connectivity index (χ4n) is 6.99. The van der Waals surface area contributed by atoms with Crippen molar-refractivity contribution in [1.29, 1.82) is 0 Å². The fraction of sp³-hybridized carbons (Fsp3) is 0.667. The molecule has 0 radical (unpaired) electrons. The van der Waals surface area contributed by atoms with Crippen LogP contribution < -0.4 is 5.73 Å². The maximum absolute atomic E-state index is 12.7. The van der Waals surface area contributed by atoms with E-state index in [2.05, 4.69) is 0 Å². The summed E-state index contributed by atoms with van der Waals surface area (Å²) in [4.78, 5) is 37.0. The molecule has 7 atom stereocenters. The molecule has 4 aliphatic rings. The minimum Gasteiger partial charge on any atom is -0.393 e. The lowest BCUT2D eigenvalue weighted by Gasteiger charge is -2.59. The van der Waals surface area contributed by atoms with Gasteiger partial charge in [-0.05, 0) is 56.1 Å². The smallest absolute Gasteiger partial charge is 0.227 e. The van der Waals surface area contributed by atoms with E-state index < -0.39 is 40.8 Å². The second kappa shape index (κ2) is 6.08. The molecule has 7 nitrogen and oxygen atoms in total. The van der Waals surface area contributed by atoms with Gasteiger partial charge < -0.3 is 21.1 Å². The summed E-state index contributed by atoms with van der Waals surface area (Å²) in [7, 11) is 0. The number of Topliss-reactive ketones (excluding diaryl/α,β-unsaturated/α-hetero) is 1. The molecule has 0 spiro atoms. The van der Waals surface area contributed by atoms with Gasteiger partial charge in [-0.25, -0.2) is 0 Å². The highest BCUT2D eigenvalue weighted by Crippen LogP contribution is 2.67. The Morgan fingerprint density at radius 2 is 2.04 bits per heavy atom. The van der Waals surface area contributed by atoms with Gasteiger partial charge in [0.05, 0.1) is 11.5 Å². The summed E-state index contributed by atoms with van der Waals surface area (Å²) in [5, 5.41) is 31.8. The molecule has 3 saturated carbocycles. The molecule has 1 unspecified atom stereocenters. The SMILES string of the molecule is C[C@]12C=CC(=O)C=C1CC[C@@H]1[C@@H]2C(O)C[C@@]2(C(N)=O)[C@H]1CC[C@]2(O)C(=O)CO. The van der Waals surface area contributed by atoms with Gasteiger partial charge in [0.25, 0.3) is 0 Å². The summed E-state index contributed by atoms with van der Waals surface area (Å²) in [6.07, 6.45) is 5.68. The van der Waals surface area contributed by atoms with Crippen LogP contribution in [0.15, 0.2) is 23.8 Å². The highest BCUT2D eigenvalue weighted by atomic mass is 16.3. The molecule has 0 saturated heterocycles. The summed E-state index contributed by atoms with van der Waals surface area (Å²) in [5.74, 6) is -2.39. The van der Waals surface area contributed by atoms with Crippen molar-refractivity contribution in [2.45, 2.75) is 50.7 Å². The molecule has 7 heteroatoms. The van der Waals surface area contributed by atoms with E-state index in [0.29, 0.717) is 19.3 Å². The number of nitrogens with two attached hydrogens (primary N) is 1. The van der Waals surface area contributed by atoms with Crippen LogP contribution in [0, 0.1) is 28.6 Å². The predicted octanol–water partition coefficient (Wildman–Crippen LogP) is 0.0230. The number of aliphatic hydroxyl groups is 3. The summed E-state index contributed by atoms with van der Waals surface area (Å²) >= 11 is 0. The van der Waals surface area contributed by atoms with Crippen LogP contribution in [0.5, 0.6) is 0 Å².